The van der Waals surface area contributed by atoms with Crippen LogP contribution in [-0.4, -0.2) is 9.78 Å². The quantitative estimate of drug-likeness (QED) is 0.772. The summed E-state index contributed by atoms with van der Waals surface area (Å²) in [5.74, 6) is -0.509. The molecular formula is C12H10FN3. The predicted molar refractivity (Wildman–Crippen MR) is 57.6 cm³/mol. The van der Waals surface area contributed by atoms with Crippen LogP contribution in [0.5, 0.6) is 0 Å². The highest BCUT2D eigenvalue weighted by Gasteiger charge is 2.07. The van der Waals surface area contributed by atoms with Crippen molar-refractivity contribution in [2.24, 2.45) is 0 Å². The molecule has 80 valence electrons. The van der Waals surface area contributed by atoms with Crippen molar-refractivity contribution < 1.29 is 4.39 Å². The Balaban J connectivity index is 2.36. The molecule has 2 rings (SSSR count). The Bertz CT molecular complexity index is 539. The molecule has 16 heavy (non-hydrogen) atoms. The van der Waals surface area contributed by atoms with E-state index in [9.17, 15) is 4.39 Å². The highest BCUT2D eigenvalue weighted by atomic mass is 19.1. The Morgan fingerprint density at radius 3 is 3.00 bits per heavy atom. The first-order chi connectivity index (χ1) is 7.70. The standard InChI is InChI=1S/C12H10FN3/c1-9(6-14)10-7-15-16(8-10)12-4-2-3-11(13)5-12/h2-5,7-9H,1H3/t9-/m0/s1. The van der Waals surface area contributed by atoms with Crippen LogP contribution in [0.15, 0.2) is 36.7 Å². The summed E-state index contributed by atoms with van der Waals surface area (Å²) < 4.78 is 14.6. The van der Waals surface area contributed by atoms with Gasteiger partial charge in [0.25, 0.3) is 0 Å². The molecule has 0 unspecified atom stereocenters. The highest BCUT2D eigenvalue weighted by Crippen LogP contribution is 2.15. The zero-order valence-electron chi connectivity index (χ0n) is 8.76. The Morgan fingerprint density at radius 1 is 1.50 bits per heavy atom. The van der Waals surface area contributed by atoms with E-state index < -0.39 is 0 Å². The monoisotopic (exact) mass is 215 g/mol. The summed E-state index contributed by atoms with van der Waals surface area (Å²) in [7, 11) is 0. The fraction of sp³-hybridized carbons (Fsp3) is 0.167. The van der Waals surface area contributed by atoms with Gasteiger partial charge in [-0.2, -0.15) is 10.4 Å². The van der Waals surface area contributed by atoms with Gasteiger partial charge in [0.2, 0.25) is 0 Å². The normalized spacial score (nSPS) is 12.1. The minimum atomic E-state index is -0.303. The number of nitrogens with zero attached hydrogens (tertiary/aromatic N) is 3. The summed E-state index contributed by atoms with van der Waals surface area (Å²) in [5.41, 5.74) is 1.48. The lowest BCUT2D eigenvalue weighted by Crippen LogP contribution is -1.94. The first-order valence-electron chi connectivity index (χ1n) is 4.91. The molecule has 1 aromatic heterocycles. The van der Waals surface area contributed by atoms with E-state index in [1.54, 1.807) is 36.1 Å². The maximum absolute atomic E-state index is 13.0. The minimum Gasteiger partial charge on any atom is -0.241 e. The van der Waals surface area contributed by atoms with Crippen LogP contribution < -0.4 is 0 Å². The summed E-state index contributed by atoms with van der Waals surface area (Å²) in [6.45, 7) is 1.80. The maximum Gasteiger partial charge on any atom is 0.125 e. The summed E-state index contributed by atoms with van der Waals surface area (Å²) in [6.07, 6.45) is 3.36. The lowest BCUT2D eigenvalue weighted by atomic mass is 10.1. The molecular weight excluding hydrogens is 205 g/mol. The zero-order chi connectivity index (χ0) is 11.5. The predicted octanol–water partition coefficient (Wildman–Crippen LogP) is 2.64. The first-order valence-corrected chi connectivity index (χ1v) is 4.91. The van der Waals surface area contributed by atoms with Gasteiger partial charge in [-0.1, -0.05) is 6.07 Å². The smallest absolute Gasteiger partial charge is 0.125 e. The molecule has 1 aromatic carbocycles. The van der Waals surface area contributed by atoms with E-state index in [1.165, 1.54) is 12.1 Å². The summed E-state index contributed by atoms with van der Waals surface area (Å²) in [4.78, 5) is 0. The number of halogens is 1. The molecule has 0 amide bonds. The average Bonchev–Trinajstić information content (AvgIpc) is 2.77. The van der Waals surface area contributed by atoms with Crippen LogP contribution in [0.4, 0.5) is 4.39 Å². The van der Waals surface area contributed by atoms with Crippen LogP contribution in [0, 0.1) is 17.1 Å². The van der Waals surface area contributed by atoms with Gasteiger partial charge in [-0.15, -0.1) is 0 Å². The second-order valence-electron chi connectivity index (χ2n) is 3.55. The molecule has 0 fully saturated rings. The molecule has 0 saturated heterocycles. The molecule has 0 spiro atoms. The number of nitriles is 1. The highest BCUT2D eigenvalue weighted by molar-refractivity contribution is 5.32. The minimum absolute atomic E-state index is 0.206. The molecule has 0 aliphatic carbocycles. The van der Waals surface area contributed by atoms with Gasteiger partial charge in [0.15, 0.2) is 0 Å². The van der Waals surface area contributed by atoms with Crippen LogP contribution in [0.2, 0.25) is 0 Å². The summed E-state index contributed by atoms with van der Waals surface area (Å²) in [5, 5.41) is 12.9. The first kappa shape index (κ1) is 10.4. The van der Waals surface area contributed by atoms with Crippen LogP contribution in [0.25, 0.3) is 5.69 Å². The van der Waals surface area contributed by atoms with Gasteiger partial charge in [-0.3, -0.25) is 0 Å². The van der Waals surface area contributed by atoms with Gasteiger partial charge in [0.1, 0.15) is 5.82 Å². The molecule has 0 radical (unpaired) electrons. The topological polar surface area (TPSA) is 41.6 Å². The fourth-order valence-electron chi connectivity index (χ4n) is 1.39. The Hall–Kier alpha value is -2.15. The number of benzene rings is 1. The van der Waals surface area contributed by atoms with Gasteiger partial charge < -0.3 is 0 Å². The van der Waals surface area contributed by atoms with E-state index in [1.807, 2.05) is 0 Å². The summed E-state index contributed by atoms with van der Waals surface area (Å²) in [6, 6.07) is 8.29. The average molecular weight is 215 g/mol. The van der Waals surface area contributed by atoms with Crippen LogP contribution in [0.1, 0.15) is 18.4 Å². The molecule has 0 N–H and O–H groups in total. The second kappa shape index (κ2) is 4.15. The van der Waals surface area contributed by atoms with Crippen molar-refractivity contribution >= 4 is 0 Å². The fourth-order valence-corrected chi connectivity index (χ4v) is 1.39. The van der Waals surface area contributed by atoms with Crippen molar-refractivity contribution in [3.8, 4) is 11.8 Å². The van der Waals surface area contributed by atoms with Crippen LogP contribution in [0.3, 0.4) is 0 Å². The van der Waals surface area contributed by atoms with Gasteiger partial charge in [0, 0.05) is 11.8 Å². The Labute approximate surface area is 92.7 Å². The molecule has 0 aliphatic rings. The molecule has 0 bridgehead atoms. The molecule has 0 saturated carbocycles. The molecule has 4 heteroatoms. The number of hydrogen-bond donors (Lipinski definition) is 0. The van der Waals surface area contributed by atoms with E-state index in [2.05, 4.69) is 11.2 Å². The van der Waals surface area contributed by atoms with Crippen LogP contribution in [-0.2, 0) is 0 Å². The zero-order valence-corrected chi connectivity index (χ0v) is 8.76. The number of aromatic nitrogens is 2. The van der Waals surface area contributed by atoms with Crippen molar-refractivity contribution in [3.63, 3.8) is 0 Å². The van der Waals surface area contributed by atoms with Crippen molar-refractivity contribution in [3.05, 3.63) is 48.0 Å². The number of rotatable bonds is 2. The van der Waals surface area contributed by atoms with Gasteiger partial charge in [-0.05, 0) is 25.1 Å². The lowest BCUT2D eigenvalue weighted by Gasteiger charge is -2.00. The molecule has 3 nitrogen and oxygen atoms in total. The Morgan fingerprint density at radius 2 is 2.31 bits per heavy atom. The van der Waals surface area contributed by atoms with Crippen molar-refractivity contribution in [2.45, 2.75) is 12.8 Å². The van der Waals surface area contributed by atoms with E-state index >= 15 is 0 Å². The molecule has 1 atom stereocenters. The van der Waals surface area contributed by atoms with Gasteiger partial charge in [0.05, 0.1) is 23.9 Å². The van der Waals surface area contributed by atoms with Crippen molar-refractivity contribution in [2.75, 3.05) is 0 Å². The third-order valence-electron chi connectivity index (χ3n) is 2.37. The van der Waals surface area contributed by atoms with Gasteiger partial charge in [-0.25, -0.2) is 9.07 Å². The van der Waals surface area contributed by atoms with Crippen molar-refractivity contribution in [1.82, 2.24) is 9.78 Å². The molecule has 0 aliphatic heterocycles. The third kappa shape index (κ3) is 1.94. The van der Waals surface area contributed by atoms with Crippen molar-refractivity contribution in [1.29, 1.82) is 5.26 Å². The summed E-state index contributed by atoms with van der Waals surface area (Å²) >= 11 is 0. The van der Waals surface area contributed by atoms with E-state index in [0.29, 0.717) is 5.69 Å². The lowest BCUT2D eigenvalue weighted by molar-refractivity contribution is 0.625. The Kier molecular flexibility index (Phi) is 2.69. The van der Waals surface area contributed by atoms with Gasteiger partial charge >= 0.3 is 0 Å². The maximum atomic E-state index is 13.0. The van der Waals surface area contributed by atoms with E-state index in [4.69, 9.17) is 5.26 Å². The largest absolute Gasteiger partial charge is 0.241 e. The second-order valence-corrected chi connectivity index (χ2v) is 3.55. The SMILES string of the molecule is C[C@@H](C#N)c1cnn(-c2cccc(F)c2)c1. The van der Waals surface area contributed by atoms with E-state index in [0.717, 1.165) is 5.56 Å². The number of hydrogen-bond acceptors (Lipinski definition) is 2. The van der Waals surface area contributed by atoms with E-state index in [-0.39, 0.29) is 11.7 Å². The molecule has 2 aromatic rings. The third-order valence-corrected chi connectivity index (χ3v) is 2.37. The molecule has 1 heterocycles. The van der Waals surface area contributed by atoms with Crippen LogP contribution >= 0.6 is 0 Å².